The molecule has 0 saturated carbocycles. The average Bonchev–Trinajstić information content (AvgIpc) is 2.71. The molecule has 0 bridgehead atoms. The molecule has 1 amide bonds. The van der Waals surface area contributed by atoms with E-state index < -0.39 is 10.0 Å². The molecular weight excluding hydrogens is 336 g/mol. The van der Waals surface area contributed by atoms with Crippen molar-refractivity contribution in [2.75, 3.05) is 19.6 Å². The number of benzene rings is 1. The number of carbonyl (C=O) groups excluding carboxylic acids is 1. The molecule has 0 aromatic heterocycles. The monoisotopic (exact) mass is 358 g/mol. The predicted octanol–water partition coefficient (Wildman–Crippen LogP) is 2.72. The highest BCUT2D eigenvalue weighted by atomic mass is 35.5. The first-order valence-corrected chi connectivity index (χ1v) is 9.80. The third kappa shape index (κ3) is 5.19. The van der Waals surface area contributed by atoms with E-state index in [-0.39, 0.29) is 10.8 Å². The third-order valence-corrected chi connectivity index (χ3v) is 5.89. The SMILES string of the molecule is Cc1ccc(S(=O)(=O)NCCCN2CCCCCC2=O)cc1Cl. The number of halogens is 1. The number of hydrogen-bond donors (Lipinski definition) is 1. The van der Waals surface area contributed by atoms with Crippen molar-refractivity contribution < 1.29 is 13.2 Å². The van der Waals surface area contributed by atoms with Crippen LogP contribution in [0.2, 0.25) is 5.02 Å². The summed E-state index contributed by atoms with van der Waals surface area (Å²) in [4.78, 5) is 13.9. The number of rotatable bonds is 6. The van der Waals surface area contributed by atoms with Crippen molar-refractivity contribution in [2.45, 2.75) is 43.9 Å². The molecule has 1 heterocycles. The number of amides is 1. The van der Waals surface area contributed by atoms with Gasteiger partial charge in [0.15, 0.2) is 0 Å². The molecule has 1 saturated heterocycles. The van der Waals surface area contributed by atoms with Crippen molar-refractivity contribution in [3.8, 4) is 0 Å². The lowest BCUT2D eigenvalue weighted by Crippen LogP contribution is -2.34. The van der Waals surface area contributed by atoms with Gasteiger partial charge in [-0.3, -0.25) is 4.79 Å². The standard InChI is InChI=1S/C16H23ClN2O3S/c1-13-7-8-14(12-15(13)17)23(21,22)18-9-5-11-19-10-4-2-3-6-16(19)20/h7-8,12,18H,2-6,9-11H2,1H3. The Kier molecular flexibility index (Phi) is 6.44. The van der Waals surface area contributed by atoms with Crippen molar-refractivity contribution in [1.82, 2.24) is 9.62 Å². The minimum Gasteiger partial charge on any atom is -0.343 e. The average molecular weight is 359 g/mol. The highest BCUT2D eigenvalue weighted by molar-refractivity contribution is 7.89. The van der Waals surface area contributed by atoms with E-state index in [4.69, 9.17) is 11.6 Å². The molecule has 1 N–H and O–H groups in total. The van der Waals surface area contributed by atoms with Crippen LogP contribution in [0.1, 0.15) is 37.7 Å². The van der Waals surface area contributed by atoms with Crippen LogP contribution in [0.5, 0.6) is 0 Å². The summed E-state index contributed by atoms with van der Waals surface area (Å²) in [6.45, 7) is 3.50. The number of hydrogen-bond acceptors (Lipinski definition) is 3. The molecule has 23 heavy (non-hydrogen) atoms. The lowest BCUT2D eigenvalue weighted by Gasteiger charge is -2.20. The molecule has 128 valence electrons. The fraction of sp³-hybridized carbons (Fsp3) is 0.562. The summed E-state index contributed by atoms with van der Waals surface area (Å²) in [6, 6.07) is 4.69. The first kappa shape index (κ1) is 18.2. The number of sulfonamides is 1. The van der Waals surface area contributed by atoms with E-state index in [1.807, 2.05) is 11.8 Å². The summed E-state index contributed by atoms with van der Waals surface area (Å²) in [5, 5.41) is 0.433. The topological polar surface area (TPSA) is 66.5 Å². The van der Waals surface area contributed by atoms with Crippen molar-refractivity contribution in [2.24, 2.45) is 0 Å². The second kappa shape index (κ2) is 8.13. The van der Waals surface area contributed by atoms with Gasteiger partial charge >= 0.3 is 0 Å². The summed E-state index contributed by atoms with van der Waals surface area (Å²) in [7, 11) is -3.56. The smallest absolute Gasteiger partial charge is 0.240 e. The highest BCUT2D eigenvalue weighted by Gasteiger charge is 2.17. The summed E-state index contributed by atoms with van der Waals surface area (Å²) < 4.78 is 27.0. The Morgan fingerprint density at radius 1 is 1.26 bits per heavy atom. The van der Waals surface area contributed by atoms with Crippen LogP contribution in [0.15, 0.2) is 23.1 Å². The summed E-state index contributed by atoms with van der Waals surface area (Å²) >= 11 is 5.98. The Labute approximate surface area is 143 Å². The fourth-order valence-corrected chi connectivity index (χ4v) is 3.92. The molecule has 7 heteroatoms. The number of aryl methyl sites for hydroxylation is 1. The molecule has 5 nitrogen and oxygen atoms in total. The van der Waals surface area contributed by atoms with Crippen molar-refractivity contribution in [1.29, 1.82) is 0 Å². The van der Waals surface area contributed by atoms with Gasteiger partial charge in [-0.1, -0.05) is 24.1 Å². The number of nitrogens with zero attached hydrogens (tertiary/aromatic N) is 1. The lowest BCUT2D eigenvalue weighted by atomic mass is 10.2. The molecule has 2 rings (SSSR count). The molecule has 0 aliphatic carbocycles. The maximum absolute atomic E-state index is 12.2. The summed E-state index contributed by atoms with van der Waals surface area (Å²) in [5.74, 6) is 0.177. The Bertz CT molecular complexity index is 661. The van der Waals surface area contributed by atoms with E-state index in [0.29, 0.717) is 31.0 Å². The minimum atomic E-state index is -3.56. The lowest BCUT2D eigenvalue weighted by molar-refractivity contribution is -0.130. The molecular formula is C16H23ClN2O3S. The van der Waals surface area contributed by atoms with Crippen molar-refractivity contribution in [3.63, 3.8) is 0 Å². The van der Waals surface area contributed by atoms with Gasteiger partial charge in [0.1, 0.15) is 0 Å². The van der Waals surface area contributed by atoms with Gasteiger partial charge in [0.2, 0.25) is 15.9 Å². The van der Waals surface area contributed by atoms with Gasteiger partial charge < -0.3 is 4.90 Å². The zero-order chi connectivity index (χ0) is 16.9. The Hall–Kier alpha value is -1.11. The van der Waals surface area contributed by atoms with Crippen molar-refractivity contribution in [3.05, 3.63) is 28.8 Å². The second-order valence-electron chi connectivity index (χ2n) is 5.85. The second-order valence-corrected chi connectivity index (χ2v) is 8.03. The van der Waals surface area contributed by atoms with E-state index >= 15 is 0 Å². The van der Waals surface area contributed by atoms with E-state index in [0.717, 1.165) is 31.4 Å². The fourth-order valence-electron chi connectivity index (χ4n) is 2.58. The van der Waals surface area contributed by atoms with Gasteiger partial charge in [-0.2, -0.15) is 0 Å². The maximum Gasteiger partial charge on any atom is 0.240 e. The Morgan fingerprint density at radius 3 is 2.78 bits per heavy atom. The van der Waals surface area contributed by atoms with Crippen LogP contribution >= 0.6 is 11.6 Å². The van der Waals surface area contributed by atoms with Crippen LogP contribution in [0.3, 0.4) is 0 Å². The first-order chi connectivity index (χ1) is 10.9. The largest absolute Gasteiger partial charge is 0.343 e. The van der Waals surface area contributed by atoms with Crippen LogP contribution in [0.4, 0.5) is 0 Å². The molecule has 0 radical (unpaired) electrons. The van der Waals surface area contributed by atoms with Gasteiger partial charge in [-0.15, -0.1) is 0 Å². The van der Waals surface area contributed by atoms with E-state index in [1.165, 1.54) is 6.07 Å². The van der Waals surface area contributed by atoms with Crippen LogP contribution < -0.4 is 4.72 Å². The third-order valence-electron chi connectivity index (χ3n) is 4.02. The van der Waals surface area contributed by atoms with Crippen LogP contribution in [0, 0.1) is 6.92 Å². The number of likely N-dealkylation sites (tertiary alicyclic amines) is 1. The highest BCUT2D eigenvalue weighted by Crippen LogP contribution is 2.19. The molecule has 0 unspecified atom stereocenters. The normalized spacial score (nSPS) is 16.4. The van der Waals surface area contributed by atoms with E-state index in [9.17, 15) is 13.2 Å². The van der Waals surface area contributed by atoms with Gasteiger partial charge in [-0.25, -0.2) is 13.1 Å². The van der Waals surface area contributed by atoms with Gasteiger partial charge in [0, 0.05) is 31.1 Å². The molecule has 1 aliphatic rings. The van der Waals surface area contributed by atoms with Crippen LogP contribution in [-0.4, -0.2) is 38.9 Å². The minimum absolute atomic E-state index is 0.166. The van der Waals surface area contributed by atoms with Gasteiger partial charge in [0.05, 0.1) is 4.90 Å². The predicted molar refractivity (Wildman–Crippen MR) is 91.0 cm³/mol. The number of carbonyl (C=O) groups is 1. The molecule has 1 aromatic carbocycles. The molecule has 1 aromatic rings. The zero-order valence-corrected chi connectivity index (χ0v) is 14.9. The Morgan fingerprint density at radius 2 is 2.04 bits per heavy atom. The first-order valence-electron chi connectivity index (χ1n) is 7.94. The van der Waals surface area contributed by atoms with Crippen LogP contribution in [0.25, 0.3) is 0 Å². The summed E-state index contributed by atoms with van der Waals surface area (Å²) in [5.41, 5.74) is 0.838. The summed E-state index contributed by atoms with van der Waals surface area (Å²) in [6.07, 6.45) is 4.27. The molecule has 0 spiro atoms. The van der Waals surface area contributed by atoms with Crippen LogP contribution in [-0.2, 0) is 14.8 Å². The van der Waals surface area contributed by atoms with E-state index in [2.05, 4.69) is 4.72 Å². The molecule has 1 aliphatic heterocycles. The molecule has 0 atom stereocenters. The van der Waals surface area contributed by atoms with Gasteiger partial charge in [-0.05, 0) is 43.9 Å². The number of nitrogens with one attached hydrogen (secondary N) is 1. The molecule has 1 fully saturated rings. The van der Waals surface area contributed by atoms with Crippen molar-refractivity contribution >= 4 is 27.5 Å². The quantitative estimate of drug-likeness (QED) is 0.795. The zero-order valence-electron chi connectivity index (χ0n) is 13.3. The van der Waals surface area contributed by atoms with Gasteiger partial charge in [0.25, 0.3) is 0 Å². The van der Waals surface area contributed by atoms with E-state index in [1.54, 1.807) is 12.1 Å². The maximum atomic E-state index is 12.2. The Balaban J connectivity index is 1.84.